The van der Waals surface area contributed by atoms with Gasteiger partial charge in [-0.15, -0.1) is 0 Å². The second-order valence-corrected chi connectivity index (χ2v) is 4.91. The monoisotopic (exact) mass is 217 g/mol. The molecule has 1 amide bonds. The predicted octanol–water partition coefficient (Wildman–Crippen LogP) is 2.60. The van der Waals surface area contributed by atoms with Crippen LogP contribution in [0.25, 0.3) is 0 Å². The van der Waals surface area contributed by atoms with Crippen LogP contribution in [0.4, 0.5) is 0 Å². The number of hydrogen-bond donors (Lipinski definition) is 1. The zero-order valence-corrected chi connectivity index (χ0v) is 10.0. The molecule has 0 spiro atoms. The van der Waals surface area contributed by atoms with Crippen molar-refractivity contribution < 1.29 is 4.79 Å². The summed E-state index contributed by atoms with van der Waals surface area (Å²) in [5, 5.41) is 0. The molecule has 86 valence electrons. The fourth-order valence-electron chi connectivity index (χ4n) is 2.87. The van der Waals surface area contributed by atoms with E-state index < -0.39 is 0 Å². The van der Waals surface area contributed by atoms with E-state index in [2.05, 4.69) is 26.0 Å². The van der Waals surface area contributed by atoms with E-state index in [9.17, 15) is 4.79 Å². The number of nitrogens with two attached hydrogens (primary N) is 1. The summed E-state index contributed by atoms with van der Waals surface area (Å²) in [7, 11) is 0. The van der Waals surface area contributed by atoms with Gasteiger partial charge in [0.15, 0.2) is 0 Å². The first kappa shape index (κ1) is 11.2. The molecule has 0 aromatic heterocycles. The van der Waals surface area contributed by atoms with Crippen molar-refractivity contribution in [3.63, 3.8) is 0 Å². The molecule has 2 nitrogen and oxygen atoms in total. The highest BCUT2D eigenvalue weighted by Gasteiger charge is 2.23. The Bertz CT molecular complexity index is 423. The number of aryl methyl sites for hydroxylation is 2. The Morgan fingerprint density at radius 1 is 1.44 bits per heavy atom. The van der Waals surface area contributed by atoms with Crippen molar-refractivity contribution in [3.05, 3.63) is 34.4 Å². The van der Waals surface area contributed by atoms with Crippen molar-refractivity contribution in [1.29, 1.82) is 0 Å². The van der Waals surface area contributed by atoms with Gasteiger partial charge in [-0.1, -0.05) is 17.7 Å². The van der Waals surface area contributed by atoms with Gasteiger partial charge in [-0.05, 0) is 55.7 Å². The van der Waals surface area contributed by atoms with Crippen molar-refractivity contribution >= 4 is 5.91 Å². The van der Waals surface area contributed by atoms with Crippen LogP contribution < -0.4 is 5.73 Å². The van der Waals surface area contributed by atoms with Gasteiger partial charge in [0.25, 0.3) is 0 Å². The first-order valence-electron chi connectivity index (χ1n) is 5.96. The molecule has 0 saturated carbocycles. The zero-order chi connectivity index (χ0) is 11.7. The van der Waals surface area contributed by atoms with Gasteiger partial charge in [0.05, 0.1) is 0 Å². The quantitative estimate of drug-likeness (QED) is 0.813. The Morgan fingerprint density at radius 2 is 2.19 bits per heavy atom. The van der Waals surface area contributed by atoms with E-state index in [1.807, 2.05) is 0 Å². The topological polar surface area (TPSA) is 43.1 Å². The fraction of sp³-hybridized carbons (Fsp3) is 0.500. The highest BCUT2D eigenvalue weighted by Crippen LogP contribution is 2.36. The second kappa shape index (κ2) is 4.28. The van der Waals surface area contributed by atoms with Gasteiger partial charge < -0.3 is 5.73 Å². The fourth-order valence-corrected chi connectivity index (χ4v) is 2.87. The maximum atomic E-state index is 11.1. The van der Waals surface area contributed by atoms with Crippen LogP contribution in [-0.4, -0.2) is 5.91 Å². The van der Waals surface area contributed by atoms with Crippen molar-refractivity contribution in [1.82, 2.24) is 0 Å². The van der Waals surface area contributed by atoms with Gasteiger partial charge in [0, 0.05) is 6.42 Å². The Kier molecular flexibility index (Phi) is 2.99. The minimum atomic E-state index is -0.183. The standard InChI is InChI=1S/C14H19NO/c1-9-6-10(2)12-5-3-4-11(8-14(15)16)13(12)7-9/h6-7,11H,3-5,8H2,1-2H3,(H2,15,16). The summed E-state index contributed by atoms with van der Waals surface area (Å²) in [6, 6.07) is 4.46. The first-order valence-corrected chi connectivity index (χ1v) is 5.96. The summed E-state index contributed by atoms with van der Waals surface area (Å²) >= 11 is 0. The molecule has 1 aliphatic carbocycles. The first-order chi connectivity index (χ1) is 7.58. The highest BCUT2D eigenvalue weighted by atomic mass is 16.1. The van der Waals surface area contributed by atoms with E-state index >= 15 is 0 Å². The molecule has 16 heavy (non-hydrogen) atoms. The molecule has 1 unspecified atom stereocenters. The lowest BCUT2D eigenvalue weighted by Gasteiger charge is -2.26. The van der Waals surface area contributed by atoms with Crippen LogP contribution in [0.2, 0.25) is 0 Å². The average molecular weight is 217 g/mol. The third-order valence-electron chi connectivity index (χ3n) is 3.52. The van der Waals surface area contributed by atoms with E-state index in [0.717, 1.165) is 12.8 Å². The van der Waals surface area contributed by atoms with Crippen LogP contribution in [0.5, 0.6) is 0 Å². The number of fused-ring (bicyclic) bond motifs is 1. The molecule has 1 aromatic carbocycles. The van der Waals surface area contributed by atoms with Gasteiger partial charge >= 0.3 is 0 Å². The average Bonchev–Trinajstić information content (AvgIpc) is 2.18. The molecule has 2 heteroatoms. The number of amides is 1. The second-order valence-electron chi connectivity index (χ2n) is 4.91. The van der Waals surface area contributed by atoms with Gasteiger partial charge in [-0.3, -0.25) is 4.79 Å². The third-order valence-corrected chi connectivity index (χ3v) is 3.52. The lowest BCUT2D eigenvalue weighted by molar-refractivity contribution is -0.118. The number of rotatable bonds is 2. The maximum Gasteiger partial charge on any atom is 0.218 e. The van der Waals surface area contributed by atoms with E-state index in [0.29, 0.717) is 12.3 Å². The molecule has 0 bridgehead atoms. The van der Waals surface area contributed by atoms with E-state index in [-0.39, 0.29) is 5.91 Å². The van der Waals surface area contributed by atoms with Gasteiger partial charge in [-0.25, -0.2) is 0 Å². The molecule has 0 saturated heterocycles. The van der Waals surface area contributed by atoms with Crippen molar-refractivity contribution in [2.45, 2.75) is 45.4 Å². The maximum absolute atomic E-state index is 11.1. The minimum absolute atomic E-state index is 0.183. The molecule has 0 aliphatic heterocycles. The Labute approximate surface area is 96.8 Å². The molecular formula is C14H19NO. The van der Waals surface area contributed by atoms with Crippen molar-refractivity contribution in [2.75, 3.05) is 0 Å². The summed E-state index contributed by atoms with van der Waals surface area (Å²) in [4.78, 5) is 11.1. The van der Waals surface area contributed by atoms with Crippen LogP contribution in [0.3, 0.4) is 0 Å². The number of carbonyl (C=O) groups is 1. The van der Waals surface area contributed by atoms with Crippen molar-refractivity contribution in [2.24, 2.45) is 5.73 Å². The van der Waals surface area contributed by atoms with Crippen LogP contribution in [0.1, 0.15) is 47.4 Å². The summed E-state index contributed by atoms with van der Waals surface area (Å²) in [6.45, 7) is 4.28. The normalized spacial score (nSPS) is 19.2. The third kappa shape index (κ3) is 2.11. The van der Waals surface area contributed by atoms with Crippen LogP contribution >= 0.6 is 0 Å². The number of primary amides is 1. The van der Waals surface area contributed by atoms with Crippen LogP contribution in [0.15, 0.2) is 12.1 Å². The minimum Gasteiger partial charge on any atom is -0.370 e. The Balaban J connectivity index is 2.41. The lowest BCUT2D eigenvalue weighted by atomic mass is 9.78. The van der Waals surface area contributed by atoms with Crippen molar-refractivity contribution in [3.8, 4) is 0 Å². The number of hydrogen-bond acceptors (Lipinski definition) is 1. The summed E-state index contributed by atoms with van der Waals surface area (Å²) in [5.74, 6) is 0.164. The number of benzene rings is 1. The highest BCUT2D eigenvalue weighted by molar-refractivity contribution is 5.75. The molecule has 0 heterocycles. The van der Waals surface area contributed by atoms with E-state index in [4.69, 9.17) is 5.73 Å². The molecule has 1 aromatic rings. The van der Waals surface area contributed by atoms with E-state index in [1.54, 1.807) is 0 Å². The summed E-state index contributed by atoms with van der Waals surface area (Å²) < 4.78 is 0. The summed E-state index contributed by atoms with van der Waals surface area (Å²) in [6.07, 6.45) is 3.92. The molecular weight excluding hydrogens is 198 g/mol. The SMILES string of the molecule is Cc1cc(C)c2c(c1)C(CC(N)=O)CCC2. The van der Waals surface area contributed by atoms with Gasteiger partial charge in [0.1, 0.15) is 0 Å². The molecule has 0 radical (unpaired) electrons. The predicted molar refractivity (Wildman–Crippen MR) is 65.4 cm³/mol. The Morgan fingerprint density at radius 3 is 2.88 bits per heavy atom. The number of carbonyl (C=O) groups excluding carboxylic acids is 1. The Hall–Kier alpha value is -1.31. The largest absolute Gasteiger partial charge is 0.370 e. The summed E-state index contributed by atoms with van der Waals surface area (Å²) in [5.41, 5.74) is 10.8. The van der Waals surface area contributed by atoms with Crippen LogP contribution in [0, 0.1) is 13.8 Å². The molecule has 0 fully saturated rings. The smallest absolute Gasteiger partial charge is 0.218 e. The molecule has 2 rings (SSSR count). The van der Waals surface area contributed by atoms with Gasteiger partial charge in [0.2, 0.25) is 5.91 Å². The van der Waals surface area contributed by atoms with Crippen LogP contribution in [-0.2, 0) is 11.2 Å². The molecule has 2 N–H and O–H groups in total. The van der Waals surface area contributed by atoms with Gasteiger partial charge in [-0.2, -0.15) is 0 Å². The zero-order valence-electron chi connectivity index (χ0n) is 10.0. The lowest BCUT2D eigenvalue weighted by Crippen LogP contribution is -2.19. The molecule has 1 atom stereocenters. The van der Waals surface area contributed by atoms with E-state index in [1.165, 1.54) is 28.7 Å². The molecule has 1 aliphatic rings.